The van der Waals surface area contributed by atoms with Crippen molar-refractivity contribution in [1.29, 1.82) is 0 Å². The van der Waals surface area contributed by atoms with E-state index in [1.807, 2.05) is 6.07 Å². The Balaban J connectivity index is 1.89. The molecule has 1 saturated carbocycles. The lowest BCUT2D eigenvalue weighted by molar-refractivity contribution is 0.313. The van der Waals surface area contributed by atoms with Gasteiger partial charge in [0.2, 0.25) is 0 Å². The minimum atomic E-state index is -0.143. The highest BCUT2D eigenvalue weighted by atomic mass is 79.9. The van der Waals surface area contributed by atoms with Crippen LogP contribution in [0.3, 0.4) is 0 Å². The van der Waals surface area contributed by atoms with Gasteiger partial charge in [-0.05, 0) is 55.5 Å². The van der Waals surface area contributed by atoms with Gasteiger partial charge in [0.05, 0.1) is 0 Å². The Morgan fingerprint density at radius 2 is 2.05 bits per heavy atom. The molecule has 0 radical (unpaired) electrons. The molecule has 1 aliphatic carbocycles. The Bertz CT molecular complexity index is 429. The number of benzene rings is 1. The van der Waals surface area contributed by atoms with Crippen LogP contribution < -0.4 is 5.32 Å². The monoisotopic (exact) mass is 355 g/mol. The van der Waals surface area contributed by atoms with Gasteiger partial charge in [-0.25, -0.2) is 4.39 Å². The van der Waals surface area contributed by atoms with E-state index >= 15 is 0 Å². The molecule has 0 amide bonds. The van der Waals surface area contributed by atoms with Gasteiger partial charge in [-0.15, -0.1) is 0 Å². The predicted octanol–water partition coefficient (Wildman–Crippen LogP) is 5.47. The Morgan fingerprint density at radius 3 is 2.76 bits per heavy atom. The molecule has 1 aromatic rings. The van der Waals surface area contributed by atoms with E-state index in [1.54, 1.807) is 6.07 Å². The van der Waals surface area contributed by atoms with Gasteiger partial charge in [0.1, 0.15) is 5.82 Å². The van der Waals surface area contributed by atoms with Crippen molar-refractivity contribution < 1.29 is 4.39 Å². The highest BCUT2D eigenvalue weighted by Gasteiger charge is 2.17. The topological polar surface area (TPSA) is 12.0 Å². The average molecular weight is 356 g/mol. The summed E-state index contributed by atoms with van der Waals surface area (Å²) >= 11 is 3.54. The fourth-order valence-corrected chi connectivity index (χ4v) is 3.85. The zero-order valence-corrected chi connectivity index (χ0v) is 14.6. The number of rotatable bonds is 7. The molecule has 1 aromatic carbocycles. The first-order chi connectivity index (χ1) is 10.2. The minimum absolute atomic E-state index is 0.143. The van der Waals surface area contributed by atoms with Crippen molar-refractivity contribution in [2.75, 3.05) is 6.54 Å². The summed E-state index contributed by atoms with van der Waals surface area (Å²) in [5, 5.41) is 3.57. The maximum Gasteiger partial charge on any atom is 0.123 e. The molecule has 1 aliphatic rings. The van der Waals surface area contributed by atoms with E-state index in [9.17, 15) is 4.39 Å². The van der Waals surface area contributed by atoms with Crippen molar-refractivity contribution in [3.8, 4) is 0 Å². The number of likely N-dealkylation sites (N-methyl/N-ethyl adjacent to an activating group) is 1. The molecule has 0 saturated heterocycles. The molecule has 0 aliphatic heterocycles. The molecule has 2 rings (SSSR count). The van der Waals surface area contributed by atoms with Gasteiger partial charge in [-0.3, -0.25) is 0 Å². The first-order valence-electron chi connectivity index (χ1n) is 8.36. The summed E-state index contributed by atoms with van der Waals surface area (Å²) in [6.07, 6.45) is 10.5. The Labute approximate surface area is 136 Å². The molecular weight excluding hydrogens is 329 g/mol. The third-order valence-electron chi connectivity index (χ3n) is 4.61. The molecule has 0 spiro atoms. The lowest BCUT2D eigenvalue weighted by Crippen LogP contribution is -2.31. The first kappa shape index (κ1) is 17.0. The zero-order valence-electron chi connectivity index (χ0n) is 13.0. The van der Waals surface area contributed by atoms with Crippen molar-refractivity contribution in [2.45, 2.75) is 64.3 Å². The van der Waals surface area contributed by atoms with Crippen LogP contribution in [0.25, 0.3) is 0 Å². The van der Waals surface area contributed by atoms with Crippen LogP contribution in [-0.2, 0) is 6.42 Å². The number of nitrogens with one attached hydrogen (secondary N) is 1. The summed E-state index contributed by atoms with van der Waals surface area (Å²) in [6, 6.07) is 5.44. The van der Waals surface area contributed by atoms with Gasteiger partial charge in [0.25, 0.3) is 0 Å². The van der Waals surface area contributed by atoms with E-state index in [4.69, 9.17) is 0 Å². The zero-order chi connectivity index (χ0) is 15.1. The van der Waals surface area contributed by atoms with Crippen LogP contribution in [0.15, 0.2) is 22.7 Å². The van der Waals surface area contributed by atoms with E-state index in [-0.39, 0.29) is 5.82 Å². The maximum atomic E-state index is 13.4. The van der Waals surface area contributed by atoms with E-state index in [0.717, 1.165) is 28.9 Å². The molecular formula is C18H27BrFN. The largest absolute Gasteiger partial charge is 0.314 e. The third kappa shape index (κ3) is 5.71. The summed E-state index contributed by atoms with van der Waals surface area (Å²) in [5.74, 6) is 0.770. The van der Waals surface area contributed by atoms with E-state index in [1.165, 1.54) is 51.0 Å². The maximum absolute atomic E-state index is 13.4. The number of halogens is 2. The Morgan fingerprint density at radius 1 is 1.29 bits per heavy atom. The number of hydrogen-bond acceptors (Lipinski definition) is 1. The summed E-state index contributed by atoms with van der Waals surface area (Å²) in [5.41, 5.74) is 1.07. The quantitative estimate of drug-likeness (QED) is 0.683. The molecule has 1 N–H and O–H groups in total. The molecule has 0 bridgehead atoms. The lowest BCUT2D eigenvalue weighted by atomic mass is 9.84. The molecule has 0 heterocycles. The van der Waals surface area contributed by atoms with Gasteiger partial charge in [0, 0.05) is 10.5 Å². The second-order valence-electron chi connectivity index (χ2n) is 6.28. The van der Waals surface area contributed by atoms with Crippen LogP contribution in [0, 0.1) is 11.7 Å². The SMILES string of the molecule is CCNC(CCC1CCCCC1)Cc1cc(F)ccc1Br. The Hall–Kier alpha value is -0.410. The van der Waals surface area contributed by atoms with Gasteiger partial charge >= 0.3 is 0 Å². The minimum Gasteiger partial charge on any atom is -0.314 e. The molecule has 0 aromatic heterocycles. The molecule has 1 atom stereocenters. The van der Waals surface area contributed by atoms with Gasteiger partial charge in [-0.1, -0.05) is 55.0 Å². The van der Waals surface area contributed by atoms with Crippen molar-refractivity contribution in [3.63, 3.8) is 0 Å². The van der Waals surface area contributed by atoms with Gasteiger partial charge in [0.15, 0.2) is 0 Å². The van der Waals surface area contributed by atoms with Gasteiger partial charge < -0.3 is 5.32 Å². The van der Waals surface area contributed by atoms with Crippen LogP contribution in [0.4, 0.5) is 4.39 Å². The summed E-state index contributed by atoms with van der Waals surface area (Å²) < 4.78 is 14.4. The molecule has 1 fully saturated rings. The first-order valence-corrected chi connectivity index (χ1v) is 9.15. The summed E-state index contributed by atoms with van der Waals surface area (Å²) in [6.45, 7) is 3.12. The van der Waals surface area contributed by atoms with Gasteiger partial charge in [-0.2, -0.15) is 0 Å². The smallest absolute Gasteiger partial charge is 0.123 e. The van der Waals surface area contributed by atoms with Crippen LogP contribution in [0.2, 0.25) is 0 Å². The van der Waals surface area contributed by atoms with Crippen LogP contribution in [-0.4, -0.2) is 12.6 Å². The second kappa shape index (κ2) is 8.89. The lowest BCUT2D eigenvalue weighted by Gasteiger charge is -2.25. The normalized spacial score (nSPS) is 17.9. The molecule has 1 unspecified atom stereocenters. The fourth-order valence-electron chi connectivity index (χ4n) is 3.44. The summed E-state index contributed by atoms with van der Waals surface area (Å²) in [4.78, 5) is 0. The van der Waals surface area contributed by atoms with E-state index in [0.29, 0.717) is 6.04 Å². The molecule has 3 heteroatoms. The highest BCUT2D eigenvalue weighted by Crippen LogP contribution is 2.28. The predicted molar refractivity (Wildman–Crippen MR) is 91.1 cm³/mol. The number of hydrogen-bond donors (Lipinski definition) is 1. The van der Waals surface area contributed by atoms with Crippen molar-refractivity contribution in [1.82, 2.24) is 5.32 Å². The highest BCUT2D eigenvalue weighted by molar-refractivity contribution is 9.10. The second-order valence-corrected chi connectivity index (χ2v) is 7.13. The third-order valence-corrected chi connectivity index (χ3v) is 5.39. The van der Waals surface area contributed by atoms with E-state index < -0.39 is 0 Å². The Kier molecular flexibility index (Phi) is 7.18. The van der Waals surface area contributed by atoms with Crippen LogP contribution in [0.1, 0.15) is 57.4 Å². The molecule has 1 nitrogen and oxygen atoms in total. The average Bonchev–Trinajstić information content (AvgIpc) is 2.50. The fraction of sp³-hybridized carbons (Fsp3) is 0.667. The van der Waals surface area contributed by atoms with Crippen molar-refractivity contribution in [2.24, 2.45) is 5.92 Å². The van der Waals surface area contributed by atoms with Crippen LogP contribution in [0.5, 0.6) is 0 Å². The summed E-state index contributed by atoms with van der Waals surface area (Å²) in [7, 11) is 0. The molecule has 21 heavy (non-hydrogen) atoms. The standard InChI is InChI=1S/C18H27BrFN/c1-2-21-17(10-8-14-6-4-3-5-7-14)13-15-12-16(20)9-11-18(15)19/h9,11-12,14,17,21H,2-8,10,13H2,1H3. The van der Waals surface area contributed by atoms with E-state index in [2.05, 4.69) is 28.2 Å². The van der Waals surface area contributed by atoms with Crippen LogP contribution >= 0.6 is 15.9 Å². The molecule has 118 valence electrons. The van der Waals surface area contributed by atoms with Crippen molar-refractivity contribution >= 4 is 15.9 Å². The van der Waals surface area contributed by atoms with Crippen molar-refractivity contribution in [3.05, 3.63) is 34.1 Å².